The summed E-state index contributed by atoms with van der Waals surface area (Å²) in [5.74, 6) is -0.312. The summed E-state index contributed by atoms with van der Waals surface area (Å²) < 4.78 is 4.86. The second-order valence-electron chi connectivity index (χ2n) is 3.02. The lowest BCUT2D eigenvalue weighted by atomic mass is 10.0. The fraction of sp³-hybridized carbons (Fsp3) is 0.222. The molecule has 0 saturated heterocycles. The van der Waals surface area contributed by atoms with Crippen molar-refractivity contribution in [3.05, 3.63) is 23.3 Å². The van der Waals surface area contributed by atoms with Gasteiger partial charge in [-0.2, -0.15) is 0 Å². The van der Waals surface area contributed by atoms with E-state index in [0.29, 0.717) is 30.0 Å². The minimum atomic E-state index is -0.312. The van der Waals surface area contributed by atoms with Crippen LogP contribution in [0.25, 0.3) is 0 Å². The zero-order valence-corrected chi connectivity index (χ0v) is 7.04. The summed E-state index contributed by atoms with van der Waals surface area (Å²) in [4.78, 5) is 11.2. The van der Waals surface area contributed by atoms with Gasteiger partial charge in [-0.1, -0.05) is 0 Å². The lowest BCUT2D eigenvalue weighted by Gasteiger charge is -2.16. The normalized spacial score (nSPS) is 14.9. The molecule has 4 nitrogen and oxygen atoms in total. The lowest BCUT2D eigenvalue weighted by Crippen LogP contribution is -2.18. The number of carbonyl (C=O) groups excluding carboxylic acids is 1. The molecule has 0 aliphatic carbocycles. The van der Waals surface area contributed by atoms with E-state index in [-0.39, 0.29) is 5.97 Å². The van der Waals surface area contributed by atoms with Gasteiger partial charge in [0.15, 0.2) is 0 Å². The minimum absolute atomic E-state index is 0.312. The molecular formula is C9H10N2O2. The van der Waals surface area contributed by atoms with Gasteiger partial charge in [0.05, 0.1) is 23.5 Å². The van der Waals surface area contributed by atoms with Gasteiger partial charge < -0.3 is 16.2 Å². The van der Waals surface area contributed by atoms with Gasteiger partial charge in [0.25, 0.3) is 0 Å². The molecule has 1 heterocycles. The van der Waals surface area contributed by atoms with Gasteiger partial charge in [0, 0.05) is 6.42 Å². The molecule has 0 spiro atoms. The highest BCUT2D eigenvalue weighted by Crippen LogP contribution is 2.24. The van der Waals surface area contributed by atoms with Crippen LogP contribution in [0.3, 0.4) is 0 Å². The SMILES string of the molecule is Nc1cc2c(cc1N)C(=O)OCC2. The second-order valence-corrected chi connectivity index (χ2v) is 3.02. The van der Waals surface area contributed by atoms with E-state index >= 15 is 0 Å². The Labute approximate surface area is 75.5 Å². The van der Waals surface area contributed by atoms with Crippen molar-refractivity contribution in [2.24, 2.45) is 0 Å². The zero-order valence-electron chi connectivity index (χ0n) is 7.04. The van der Waals surface area contributed by atoms with E-state index in [1.165, 1.54) is 0 Å². The quantitative estimate of drug-likeness (QED) is 0.449. The number of cyclic esters (lactones) is 1. The number of anilines is 2. The van der Waals surface area contributed by atoms with Crippen molar-refractivity contribution in [3.8, 4) is 0 Å². The summed E-state index contributed by atoms with van der Waals surface area (Å²) in [6.07, 6.45) is 0.714. The topological polar surface area (TPSA) is 78.3 Å². The van der Waals surface area contributed by atoms with Gasteiger partial charge in [0.2, 0.25) is 0 Å². The fourth-order valence-electron chi connectivity index (χ4n) is 1.41. The highest BCUT2D eigenvalue weighted by Gasteiger charge is 2.19. The van der Waals surface area contributed by atoms with Crippen molar-refractivity contribution in [2.75, 3.05) is 18.1 Å². The monoisotopic (exact) mass is 178 g/mol. The number of ether oxygens (including phenoxy) is 1. The number of benzene rings is 1. The third-order valence-electron chi connectivity index (χ3n) is 2.13. The Bertz CT molecular complexity index is 374. The maximum Gasteiger partial charge on any atom is 0.338 e. The van der Waals surface area contributed by atoms with Crippen molar-refractivity contribution >= 4 is 17.3 Å². The molecule has 1 aliphatic rings. The van der Waals surface area contributed by atoms with Crippen LogP contribution in [0.1, 0.15) is 15.9 Å². The molecule has 0 radical (unpaired) electrons. The van der Waals surface area contributed by atoms with Gasteiger partial charge >= 0.3 is 5.97 Å². The number of hydrogen-bond donors (Lipinski definition) is 2. The number of nitrogens with two attached hydrogens (primary N) is 2. The van der Waals surface area contributed by atoms with Gasteiger partial charge in [-0.25, -0.2) is 4.79 Å². The maximum absolute atomic E-state index is 11.2. The Morgan fingerprint density at radius 3 is 2.69 bits per heavy atom. The molecule has 4 N–H and O–H groups in total. The summed E-state index contributed by atoms with van der Waals surface area (Å²) in [6.45, 7) is 0.426. The van der Waals surface area contributed by atoms with Crippen molar-refractivity contribution in [1.82, 2.24) is 0 Å². The van der Waals surface area contributed by atoms with Crippen LogP contribution in [0.15, 0.2) is 12.1 Å². The van der Waals surface area contributed by atoms with Crippen molar-refractivity contribution in [1.29, 1.82) is 0 Å². The smallest absolute Gasteiger partial charge is 0.338 e. The molecule has 1 aromatic rings. The highest BCUT2D eigenvalue weighted by atomic mass is 16.5. The van der Waals surface area contributed by atoms with Crippen LogP contribution in [0.5, 0.6) is 0 Å². The molecule has 1 aromatic carbocycles. The molecule has 68 valence electrons. The lowest BCUT2D eigenvalue weighted by molar-refractivity contribution is 0.0480. The third kappa shape index (κ3) is 1.20. The number of nitrogen functional groups attached to an aromatic ring is 2. The van der Waals surface area contributed by atoms with E-state index in [1.54, 1.807) is 12.1 Å². The Kier molecular flexibility index (Phi) is 1.62. The van der Waals surface area contributed by atoms with E-state index in [9.17, 15) is 4.79 Å². The first-order valence-corrected chi connectivity index (χ1v) is 4.03. The van der Waals surface area contributed by atoms with Gasteiger partial charge in [-0.15, -0.1) is 0 Å². The van der Waals surface area contributed by atoms with Crippen LogP contribution >= 0.6 is 0 Å². The Morgan fingerprint density at radius 2 is 1.92 bits per heavy atom. The van der Waals surface area contributed by atoms with Crippen molar-refractivity contribution in [2.45, 2.75) is 6.42 Å². The first kappa shape index (κ1) is 7.91. The standard InChI is InChI=1S/C9H10N2O2/c10-7-3-5-1-2-13-9(12)6(5)4-8(7)11/h3-4H,1-2,10-11H2. The summed E-state index contributed by atoms with van der Waals surface area (Å²) in [5.41, 5.74) is 13.6. The summed E-state index contributed by atoms with van der Waals surface area (Å²) in [6, 6.07) is 3.32. The number of esters is 1. The van der Waals surface area contributed by atoms with E-state index in [4.69, 9.17) is 16.2 Å². The summed E-state index contributed by atoms with van der Waals surface area (Å²) in [5, 5.41) is 0. The Balaban J connectivity index is 2.58. The van der Waals surface area contributed by atoms with Crippen LogP contribution in [-0.4, -0.2) is 12.6 Å². The Morgan fingerprint density at radius 1 is 1.23 bits per heavy atom. The van der Waals surface area contributed by atoms with E-state index < -0.39 is 0 Å². The number of carbonyl (C=O) groups is 1. The second kappa shape index (κ2) is 2.65. The molecule has 0 aromatic heterocycles. The van der Waals surface area contributed by atoms with Crippen molar-refractivity contribution < 1.29 is 9.53 Å². The molecule has 0 fully saturated rings. The highest BCUT2D eigenvalue weighted by molar-refractivity contribution is 5.94. The van der Waals surface area contributed by atoms with E-state index in [2.05, 4.69) is 0 Å². The zero-order chi connectivity index (χ0) is 9.42. The van der Waals surface area contributed by atoms with Gasteiger partial charge in [-0.3, -0.25) is 0 Å². The van der Waals surface area contributed by atoms with Crippen LogP contribution in [0, 0.1) is 0 Å². The van der Waals surface area contributed by atoms with E-state index in [0.717, 1.165) is 5.56 Å². The molecule has 13 heavy (non-hydrogen) atoms. The predicted octanol–water partition coefficient (Wildman–Crippen LogP) is 0.564. The largest absolute Gasteiger partial charge is 0.462 e. The fourth-order valence-corrected chi connectivity index (χ4v) is 1.41. The molecule has 1 aliphatic heterocycles. The molecule has 4 heteroatoms. The predicted molar refractivity (Wildman–Crippen MR) is 49.3 cm³/mol. The number of rotatable bonds is 0. The number of fused-ring (bicyclic) bond motifs is 1. The first-order chi connectivity index (χ1) is 6.18. The maximum atomic E-state index is 11.2. The van der Waals surface area contributed by atoms with Crippen LogP contribution in [0.4, 0.5) is 11.4 Å². The molecule has 0 bridgehead atoms. The van der Waals surface area contributed by atoms with Gasteiger partial charge in [-0.05, 0) is 17.7 Å². The minimum Gasteiger partial charge on any atom is -0.462 e. The molecule has 0 amide bonds. The average molecular weight is 178 g/mol. The molecule has 0 saturated carbocycles. The van der Waals surface area contributed by atoms with Crippen LogP contribution in [0.2, 0.25) is 0 Å². The van der Waals surface area contributed by atoms with Crippen LogP contribution < -0.4 is 11.5 Å². The molecule has 0 atom stereocenters. The number of hydrogen-bond acceptors (Lipinski definition) is 4. The summed E-state index contributed by atoms with van der Waals surface area (Å²) >= 11 is 0. The van der Waals surface area contributed by atoms with Crippen molar-refractivity contribution in [3.63, 3.8) is 0 Å². The molecule has 2 rings (SSSR count). The third-order valence-corrected chi connectivity index (χ3v) is 2.13. The summed E-state index contributed by atoms with van der Waals surface area (Å²) in [7, 11) is 0. The molecular weight excluding hydrogens is 168 g/mol. The van der Waals surface area contributed by atoms with Crippen LogP contribution in [-0.2, 0) is 11.2 Å². The first-order valence-electron chi connectivity index (χ1n) is 4.03. The molecule has 0 unspecified atom stereocenters. The van der Waals surface area contributed by atoms with Gasteiger partial charge in [0.1, 0.15) is 0 Å². The van der Waals surface area contributed by atoms with E-state index in [1.807, 2.05) is 0 Å². The average Bonchev–Trinajstić information content (AvgIpc) is 2.09. The Hall–Kier alpha value is -1.71.